The zero-order valence-corrected chi connectivity index (χ0v) is 14.2. The van der Waals surface area contributed by atoms with Gasteiger partial charge in [0.25, 0.3) is 11.7 Å². The molecule has 1 aromatic carbocycles. The SMILES string of the molecule is Cc1ccc(-c2nc3ccc(C)cn3c2C(=O)C(=O)N(C)C)cc1. The summed E-state index contributed by atoms with van der Waals surface area (Å²) in [7, 11) is 3.14. The van der Waals surface area contributed by atoms with Crippen molar-refractivity contribution in [1.82, 2.24) is 14.3 Å². The maximum absolute atomic E-state index is 12.8. The minimum atomic E-state index is -0.563. The molecule has 24 heavy (non-hydrogen) atoms. The molecule has 3 rings (SSSR count). The number of hydrogen-bond acceptors (Lipinski definition) is 3. The Kier molecular flexibility index (Phi) is 3.93. The number of rotatable bonds is 3. The summed E-state index contributed by atoms with van der Waals surface area (Å²) in [4.78, 5) is 30.9. The first kappa shape index (κ1) is 15.9. The molecule has 0 bridgehead atoms. The van der Waals surface area contributed by atoms with Crippen molar-refractivity contribution in [3.05, 3.63) is 59.4 Å². The highest BCUT2D eigenvalue weighted by Crippen LogP contribution is 2.26. The Morgan fingerprint density at radius 1 is 0.958 bits per heavy atom. The predicted octanol–water partition coefficient (Wildman–Crippen LogP) is 2.89. The van der Waals surface area contributed by atoms with Crippen LogP contribution < -0.4 is 0 Å². The zero-order chi connectivity index (χ0) is 17.4. The topological polar surface area (TPSA) is 54.7 Å². The molecule has 122 valence electrons. The van der Waals surface area contributed by atoms with Gasteiger partial charge < -0.3 is 4.90 Å². The van der Waals surface area contributed by atoms with Crippen LogP contribution in [0.15, 0.2) is 42.6 Å². The van der Waals surface area contributed by atoms with Crippen LogP contribution in [-0.2, 0) is 4.79 Å². The van der Waals surface area contributed by atoms with Crippen molar-refractivity contribution in [3.8, 4) is 11.3 Å². The fourth-order valence-electron chi connectivity index (χ4n) is 2.58. The van der Waals surface area contributed by atoms with E-state index in [1.807, 2.05) is 56.4 Å². The largest absolute Gasteiger partial charge is 0.342 e. The molecule has 0 saturated heterocycles. The summed E-state index contributed by atoms with van der Waals surface area (Å²) in [5.74, 6) is -1.12. The highest BCUT2D eigenvalue weighted by molar-refractivity contribution is 6.43. The molecule has 0 fully saturated rings. The minimum Gasteiger partial charge on any atom is -0.342 e. The average Bonchev–Trinajstić information content (AvgIpc) is 2.92. The minimum absolute atomic E-state index is 0.302. The number of pyridine rings is 1. The number of imidazole rings is 1. The lowest BCUT2D eigenvalue weighted by molar-refractivity contribution is -0.124. The number of likely N-dealkylation sites (N-methyl/N-ethyl adjacent to an activating group) is 1. The number of Topliss-reactive ketones (excluding diaryl/α,β-unsaturated/α-hetero) is 1. The summed E-state index contributed by atoms with van der Waals surface area (Å²) in [6, 6.07) is 11.5. The lowest BCUT2D eigenvalue weighted by Crippen LogP contribution is -2.31. The first-order valence-electron chi connectivity index (χ1n) is 7.70. The molecular weight excluding hydrogens is 302 g/mol. The molecular formula is C19H19N3O2. The smallest absolute Gasteiger partial charge is 0.296 e. The molecule has 0 unspecified atom stereocenters. The molecule has 5 nitrogen and oxygen atoms in total. The highest BCUT2D eigenvalue weighted by atomic mass is 16.2. The maximum atomic E-state index is 12.8. The van der Waals surface area contributed by atoms with E-state index in [2.05, 4.69) is 4.98 Å². The zero-order valence-electron chi connectivity index (χ0n) is 14.2. The van der Waals surface area contributed by atoms with Crippen LogP contribution in [0.25, 0.3) is 16.9 Å². The first-order valence-corrected chi connectivity index (χ1v) is 7.70. The third-order valence-corrected chi connectivity index (χ3v) is 3.91. The summed E-state index contributed by atoms with van der Waals surface area (Å²) in [6.45, 7) is 3.94. The van der Waals surface area contributed by atoms with E-state index in [1.165, 1.54) is 4.90 Å². The van der Waals surface area contributed by atoms with Gasteiger partial charge >= 0.3 is 0 Å². The van der Waals surface area contributed by atoms with Crippen LogP contribution in [0, 0.1) is 13.8 Å². The fourth-order valence-corrected chi connectivity index (χ4v) is 2.58. The van der Waals surface area contributed by atoms with E-state index in [0.29, 0.717) is 17.0 Å². The summed E-state index contributed by atoms with van der Waals surface area (Å²) in [5.41, 5.74) is 4.40. The van der Waals surface area contributed by atoms with Gasteiger partial charge in [0, 0.05) is 25.9 Å². The molecule has 3 aromatic rings. The summed E-state index contributed by atoms with van der Waals surface area (Å²) in [5, 5.41) is 0. The number of ketones is 1. The van der Waals surface area contributed by atoms with E-state index in [9.17, 15) is 9.59 Å². The molecule has 0 N–H and O–H groups in total. The van der Waals surface area contributed by atoms with Gasteiger partial charge in [0.2, 0.25) is 0 Å². The van der Waals surface area contributed by atoms with Gasteiger partial charge in [-0.3, -0.25) is 14.0 Å². The maximum Gasteiger partial charge on any atom is 0.296 e. The van der Waals surface area contributed by atoms with Crippen LogP contribution in [-0.4, -0.2) is 40.1 Å². The second-order valence-electron chi connectivity index (χ2n) is 6.14. The van der Waals surface area contributed by atoms with E-state index in [0.717, 1.165) is 16.7 Å². The third kappa shape index (κ3) is 2.69. The van der Waals surface area contributed by atoms with Crippen LogP contribution >= 0.6 is 0 Å². The van der Waals surface area contributed by atoms with Crippen LogP contribution in [0.3, 0.4) is 0 Å². The Morgan fingerprint density at radius 2 is 1.58 bits per heavy atom. The van der Waals surface area contributed by atoms with E-state index in [-0.39, 0.29) is 0 Å². The molecule has 2 heterocycles. The lowest BCUT2D eigenvalue weighted by atomic mass is 10.1. The number of aryl methyl sites for hydroxylation is 2. The number of amides is 1. The first-order chi connectivity index (χ1) is 11.4. The molecule has 0 radical (unpaired) electrons. The van der Waals surface area contributed by atoms with Crippen molar-refractivity contribution >= 4 is 17.3 Å². The summed E-state index contributed by atoms with van der Waals surface area (Å²) < 4.78 is 1.70. The van der Waals surface area contributed by atoms with E-state index < -0.39 is 11.7 Å². The van der Waals surface area contributed by atoms with Gasteiger partial charge in [-0.2, -0.15) is 0 Å². The van der Waals surface area contributed by atoms with Gasteiger partial charge in [-0.15, -0.1) is 0 Å². The van der Waals surface area contributed by atoms with Gasteiger partial charge in [-0.05, 0) is 25.5 Å². The lowest BCUT2D eigenvalue weighted by Gasteiger charge is -2.10. The van der Waals surface area contributed by atoms with Gasteiger partial charge in [0.05, 0.1) is 0 Å². The Bertz CT molecular complexity index is 937. The number of nitrogens with zero attached hydrogens (tertiary/aromatic N) is 3. The normalized spacial score (nSPS) is 10.8. The van der Waals surface area contributed by atoms with Gasteiger partial charge in [-0.25, -0.2) is 4.98 Å². The average molecular weight is 321 g/mol. The Balaban J connectivity index is 2.28. The van der Waals surface area contributed by atoms with Gasteiger partial charge in [0.15, 0.2) is 0 Å². The number of hydrogen-bond donors (Lipinski definition) is 0. The van der Waals surface area contributed by atoms with Crippen LogP contribution in [0.4, 0.5) is 0 Å². The predicted molar refractivity (Wildman–Crippen MR) is 93.1 cm³/mol. The number of fused-ring (bicyclic) bond motifs is 1. The molecule has 1 amide bonds. The molecule has 0 spiro atoms. The second-order valence-corrected chi connectivity index (χ2v) is 6.14. The van der Waals surface area contributed by atoms with Crippen LogP contribution in [0.5, 0.6) is 0 Å². The highest BCUT2D eigenvalue weighted by Gasteiger charge is 2.27. The number of carbonyl (C=O) groups is 2. The molecule has 5 heteroatoms. The second kappa shape index (κ2) is 5.92. The Morgan fingerprint density at radius 3 is 2.21 bits per heavy atom. The van der Waals surface area contributed by atoms with Crippen LogP contribution in [0.1, 0.15) is 21.6 Å². The third-order valence-electron chi connectivity index (χ3n) is 3.91. The van der Waals surface area contributed by atoms with Crippen molar-refractivity contribution in [1.29, 1.82) is 0 Å². The van der Waals surface area contributed by atoms with E-state index >= 15 is 0 Å². The monoisotopic (exact) mass is 321 g/mol. The van der Waals surface area contributed by atoms with Crippen molar-refractivity contribution in [3.63, 3.8) is 0 Å². The summed E-state index contributed by atoms with van der Waals surface area (Å²) in [6.07, 6.45) is 1.83. The van der Waals surface area contributed by atoms with Crippen LogP contribution in [0.2, 0.25) is 0 Å². The van der Waals surface area contributed by atoms with Gasteiger partial charge in [0.1, 0.15) is 17.0 Å². The van der Waals surface area contributed by atoms with E-state index in [4.69, 9.17) is 0 Å². The molecule has 0 aliphatic heterocycles. The molecule has 0 saturated carbocycles. The summed E-state index contributed by atoms with van der Waals surface area (Å²) >= 11 is 0. The Labute approximate surface area is 140 Å². The quantitative estimate of drug-likeness (QED) is 0.550. The number of aromatic nitrogens is 2. The molecule has 2 aromatic heterocycles. The number of benzene rings is 1. The molecule has 0 aliphatic carbocycles. The van der Waals surface area contributed by atoms with Crippen molar-refractivity contribution in [2.75, 3.05) is 14.1 Å². The Hall–Kier alpha value is -2.95. The van der Waals surface area contributed by atoms with Crippen molar-refractivity contribution in [2.45, 2.75) is 13.8 Å². The van der Waals surface area contributed by atoms with Crippen molar-refractivity contribution < 1.29 is 9.59 Å². The standard InChI is InChI=1S/C19H19N3O2/c1-12-5-8-14(9-6-12)16-17(18(23)19(24)21(3)4)22-11-13(2)7-10-15(22)20-16/h5-11H,1-4H3. The number of carbonyl (C=O) groups excluding carboxylic acids is 2. The molecule has 0 aliphatic rings. The molecule has 0 atom stereocenters. The van der Waals surface area contributed by atoms with Gasteiger partial charge in [-0.1, -0.05) is 35.9 Å². The van der Waals surface area contributed by atoms with Crippen molar-refractivity contribution in [2.24, 2.45) is 0 Å². The fraction of sp³-hybridized carbons (Fsp3) is 0.211. The van der Waals surface area contributed by atoms with E-state index in [1.54, 1.807) is 18.5 Å².